The number of hydrogen-bond donors (Lipinski definition) is 0. The summed E-state index contributed by atoms with van der Waals surface area (Å²) in [6, 6.07) is 1.63. The lowest BCUT2D eigenvalue weighted by Gasteiger charge is -1.99. The average molecular weight is 187 g/mol. The highest BCUT2D eigenvalue weighted by atomic mass is 35.5. The summed E-state index contributed by atoms with van der Waals surface area (Å²) >= 11 is 5.50. The van der Waals surface area contributed by atoms with Gasteiger partial charge in [-0.1, -0.05) is 0 Å². The summed E-state index contributed by atoms with van der Waals surface area (Å²) in [5, 5.41) is 0.152. The van der Waals surface area contributed by atoms with Crippen LogP contribution in [0.1, 0.15) is 12.6 Å². The molecule has 12 heavy (non-hydrogen) atoms. The van der Waals surface area contributed by atoms with E-state index >= 15 is 0 Å². The summed E-state index contributed by atoms with van der Waals surface area (Å²) in [6.45, 7) is 1.47. The number of carbonyl (C=O) groups is 1. The number of esters is 1. The van der Waals surface area contributed by atoms with Crippen molar-refractivity contribution >= 4 is 17.6 Å². The normalized spacial score (nSPS) is 9.50. The van der Waals surface area contributed by atoms with Crippen molar-refractivity contribution < 1.29 is 9.53 Å². The Hall–Kier alpha value is -1.16. The number of halogens is 1. The first kappa shape index (κ1) is 8.93. The summed E-state index contributed by atoms with van der Waals surface area (Å²) in [4.78, 5) is 17.9. The third-order valence-electron chi connectivity index (χ3n) is 1.11. The van der Waals surface area contributed by atoms with Gasteiger partial charge in [0.1, 0.15) is 6.61 Å². The third-order valence-corrected chi connectivity index (χ3v) is 1.29. The monoisotopic (exact) mass is 186 g/mol. The van der Waals surface area contributed by atoms with Crippen LogP contribution in [-0.2, 0) is 16.1 Å². The molecule has 64 valence electrons. The molecule has 0 unspecified atom stereocenters. The van der Waals surface area contributed by atoms with E-state index in [1.807, 2.05) is 0 Å². The molecule has 1 heterocycles. The van der Waals surface area contributed by atoms with E-state index in [9.17, 15) is 4.79 Å². The van der Waals surface area contributed by atoms with Crippen molar-refractivity contribution in [1.29, 1.82) is 0 Å². The van der Waals surface area contributed by atoms with Gasteiger partial charge in [0.15, 0.2) is 0 Å². The Bertz CT molecular complexity index is 290. The molecule has 0 saturated carbocycles. The predicted octanol–water partition coefficient (Wildman–Crippen LogP) is 1.19. The standard InChI is InChI=1S/C7H7ClN2O2/c1-5(11)12-4-6-2-3-9-7(8)10-6/h2-3H,4H2,1H3. The maximum absolute atomic E-state index is 10.4. The molecule has 0 N–H and O–H groups in total. The fourth-order valence-corrected chi connectivity index (χ4v) is 0.790. The molecule has 1 aromatic rings. The lowest BCUT2D eigenvalue weighted by Crippen LogP contribution is -2.00. The quantitative estimate of drug-likeness (QED) is 0.514. The Labute approximate surface area is 74.5 Å². The van der Waals surface area contributed by atoms with Crippen molar-refractivity contribution in [2.45, 2.75) is 13.5 Å². The number of aromatic nitrogens is 2. The fourth-order valence-electron chi connectivity index (χ4n) is 0.625. The SMILES string of the molecule is CC(=O)OCc1ccnc(Cl)n1. The minimum absolute atomic E-state index is 0.136. The van der Waals surface area contributed by atoms with E-state index in [0.717, 1.165) is 0 Å². The molecule has 0 aromatic carbocycles. The third kappa shape index (κ3) is 2.84. The van der Waals surface area contributed by atoms with Gasteiger partial charge in [-0.05, 0) is 17.7 Å². The molecule has 0 amide bonds. The van der Waals surface area contributed by atoms with E-state index < -0.39 is 0 Å². The molecule has 0 atom stereocenters. The minimum Gasteiger partial charge on any atom is -0.459 e. The maximum atomic E-state index is 10.4. The molecule has 0 bridgehead atoms. The lowest BCUT2D eigenvalue weighted by molar-refractivity contribution is -0.142. The number of hydrogen-bond acceptors (Lipinski definition) is 4. The molecule has 0 aliphatic carbocycles. The first-order valence-corrected chi connectivity index (χ1v) is 3.67. The Morgan fingerprint density at radius 1 is 1.75 bits per heavy atom. The lowest BCUT2D eigenvalue weighted by atomic mass is 10.4. The molecule has 1 rings (SSSR count). The van der Waals surface area contributed by atoms with Crippen molar-refractivity contribution in [2.24, 2.45) is 0 Å². The van der Waals surface area contributed by atoms with Crippen molar-refractivity contribution in [2.75, 3.05) is 0 Å². The topological polar surface area (TPSA) is 52.1 Å². The highest BCUT2D eigenvalue weighted by molar-refractivity contribution is 6.28. The summed E-state index contributed by atoms with van der Waals surface area (Å²) < 4.78 is 4.70. The van der Waals surface area contributed by atoms with E-state index in [0.29, 0.717) is 5.69 Å². The van der Waals surface area contributed by atoms with Crippen LogP contribution < -0.4 is 0 Å². The smallest absolute Gasteiger partial charge is 0.303 e. The van der Waals surface area contributed by atoms with Gasteiger partial charge in [-0.15, -0.1) is 0 Å². The van der Waals surface area contributed by atoms with Crippen LogP contribution in [0, 0.1) is 0 Å². The van der Waals surface area contributed by atoms with Gasteiger partial charge >= 0.3 is 5.97 Å². The van der Waals surface area contributed by atoms with Crippen molar-refractivity contribution in [1.82, 2.24) is 9.97 Å². The molecule has 0 aliphatic heterocycles. The summed E-state index contributed by atoms with van der Waals surface area (Å²) in [7, 11) is 0. The molecule has 0 radical (unpaired) electrons. The van der Waals surface area contributed by atoms with E-state index in [2.05, 4.69) is 9.97 Å². The zero-order valence-electron chi connectivity index (χ0n) is 6.45. The molecule has 4 nitrogen and oxygen atoms in total. The molecule has 0 aliphatic rings. The van der Waals surface area contributed by atoms with Crippen LogP contribution >= 0.6 is 11.6 Å². The van der Waals surface area contributed by atoms with Crippen molar-refractivity contribution in [3.8, 4) is 0 Å². The first-order valence-electron chi connectivity index (χ1n) is 3.29. The zero-order valence-corrected chi connectivity index (χ0v) is 7.21. The largest absolute Gasteiger partial charge is 0.459 e. The molecule has 0 spiro atoms. The Kier molecular flexibility index (Phi) is 2.99. The van der Waals surface area contributed by atoms with Crippen LogP contribution in [0.3, 0.4) is 0 Å². The van der Waals surface area contributed by atoms with E-state index in [-0.39, 0.29) is 17.9 Å². The average Bonchev–Trinajstić information content (AvgIpc) is 2.01. The van der Waals surface area contributed by atoms with Crippen LogP contribution in [0.2, 0.25) is 5.28 Å². The fraction of sp³-hybridized carbons (Fsp3) is 0.286. The van der Waals surface area contributed by atoms with E-state index in [1.54, 1.807) is 6.07 Å². The van der Waals surface area contributed by atoms with Crippen LogP contribution in [0.25, 0.3) is 0 Å². The number of rotatable bonds is 2. The van der Waals surface area contributed by atoms with Gasteiger partial charge in [-0.25, -0.2) is 9.97 Å². The second-order valence-corrected chi connectivity index (χ2v) is 2.44. The second kappa shape index (κ2) is 4.01. The van der Waals surface area contributed by atoms with E-state index in [1.165, 1.54) is 13.1 Å². The predicted molar refractivity (Wildman–Crippen MR) is 42.5 cm³/mol. The van der Waals surface area contributed by atoms with Crippen LogP contribution in [-0.4, -0.2) is 15.9 Å². The highest BCUT2D eigenvalue weighted by Crippen LogP contribution is 2.01. The molecule has 0 saturated heterocycles. The van der Waals surface area contributed by atoms with Gasteiger partial charge in [0, 0.05) is 13.1 Å². The van der Waals surface area contributed by atoms with Crippen molar-refractivity contribution in [3.63, 3.8) is 0 Å². The molecular formula is C7H7ClN2O2. The second-order valence-electron chi connectivity index (χ2n) is 2.10. The van der Waals surface area contributed by atoms with Crippen LogP contribution in [0.5, 0.6) is 0 Å². The highest BCUT2D eigenvalue weighted by Gasteiger charge is 1.98. The number of ether oxygens (including phenoxy) is 1. The molecule has 5 heteroatoms. The number of carbonyl (C=O) groups excluding carboxylic acids is 1. The summed E-state index contributed by atoms with van der Waals surface area (Å²) in [6.07, 6.45) is 1.51. The summed E-state index contributed by atoms with van der Waals surface area (Å²) in [5.74, 6) is -0.343. The van der Waals surface area contributed by atoms with Gasteiger partial charge in [-0.3, -0.25) is 4.79 Å². The Balaban J connectivity index is 2.57. The van der Waals surface area contributed by atoms with Crippen molar-refractivity contribution in [3.05, 3.63) is 23.2 Å². The maximum Gasteiger partial charge on any atom is 0.303 e. The zero-order chi connectivity index (χ0) is 8.97. The summed E-state index contributed by atoms with van der Waals surface area (Å²) in [5.41, 5.74) is 0.588. The van der Waals surface area contributed by atoms with Crippen LogP contribution in [0.4, 0.5) is 0 Å². The molecule has 1 aromatic heterocycles. The Morgan fingerprint density at radius 2 is 2.50 bits per heavy atom. The van der Waals surface area contributed by atoms with E-state index in [4.69, 9.17) is 16.3 Å². The Morgan fingerprint density at radius 3 is 3.08 bits per heavy atom. The van der Waals surface area contributed by atoms with Gasteiger partial charge in [0.2, 0.25) is 5.28 Å². The number of nitrogens with zero attached hydrogens (tertiary/aromatic N) is 2. The first-order chi connectivity index (χ1) is 5.68. The van der Waals surface area contributed by atoms with Gasteiger partial charge in [-0.2, -0.15) is 0 Å². The molecule has 0 fully saturated rings. The van der Waals surface area contributed by atoms with Crippen LogP contribution in [0.15, 0.2) is 12.3 Å². The van der Waals surface area contributed by atoms with Gasteiger partial charge in [0.05, 0.1) is 5.69 Å². The molecular weight excluding hydrogens is 180 g/mol. The van der Waals surface area contributed by atoms with Gasteiger partial charge in [0.25, 0.3) is 0 Å². The minimum atomic E-state index is -0.343. The van der Waals surface area contributed by atoms with Gasteiger partial charge < -0.3 is 4.74 Å².